The second kappa shape index (κ2) is 8.85. The van der Waals surface area contributed by atoms with Gasteiger partial charge in [-0.05, 0) is 76.8 Å². The van der Waals surface area contributed by atoms with Crippen molar-refractivity contribution in [2.75, 3.05) is 26.2 Å². The molecule has 1 saturated carbocycles. The van der Waals surface area contributed by atoms with Crippen molar-refractivity contribution in [3.63, 3.8) is 0 Å². The predicted molar refractivity (Wildman–Crippen MR) is 119 cm³/mol. The molecule has 1 saturated heterocycles. The van der Waals surface area contributed by atoms with E-state index in [2.05, 4.69) is 0 Å². The van der Waals surface area contributed by atoms with Crippen molar-refractivity contribution in [1.29, 1.82) is 0 Å². The fourth-order valence-corrected chi connectivity index (χ4v) is 5.11. The van der Waals surface area contributed by atoms with Gasteiger partial charge >= 0.3 is 6.09 Å². The third-order valence-corrected chi connectivity index (χ3v) is 7.02. The van der Waals surface area contributed by atoms with Crippen LogP contribution in [0.5, 0.6) is 0 Å². The number of ether oxygens (including phenoxy) is 2. The highest BCUT2D eigenvalue weighted by Gasteiger charge is 2.40. The van der Waals surface area contributed by atoms with Crippen molar-refractivity contribution >= 4 is 17.9 Å². The number of likely N-dealkylation sites (tertiary alicyclic amines) is 1. The summed E-state index contributed by atoms with van der Waals surface area (Å²) in [5.74, 6) is -0.456. The molecule has 0 N–H and O–H groups in total. The number of benzene rings is 1. The highest BCUT2D eigenvalue weighted by atomic mass is 16.6. The van der Waals surface area contributed by atoms with Gasteiger partial charge in [-0.1, -0.05) is 12.1 Å². The Kier molecular flexibility index (Phi) is 6.30. The Hall–Kier alpha value is -2.41. The van der Waals surface area contributed by atoms with Crippen LogP contribution in [0.4, 0.5) is 4.79 Å². The molecule has 0 aromatic heterocycles. The Morgan fingerprint density at radius 2 is 1.56 bits per heavy atom. The molecule has 0 unspecified atom stereocenters. The molecular weight excluding hydrogens is 408 g/mol. The lowest BCUT2D eigenvalue weighted by atomic mass is 9.67. The molecule has 7 nitrogen and oxygen atoms in total. The third kappa shape index (κ3) is 4.82. The van der Waals surface area contributed by atoms with Crippen molar-refractivity contribution < 1.29 is 23.9 Å². The number of amides is 3. The summed E-state index contributed by atoms with van der Waals surface area (Å²) in [6.07, 6.45) is 6.11. The molecule has 2 aliphatic heterocycles. The zero-order valence-electron chi connectivity index (χ0n) is 19.4. The predicted octanol–water partition coefficient (Wildman–Crippen LogP) is 4.26. The Morgan fingerprint density at radius 1 is 1.00 bits per heavy atom. The molecule has 3 amide bonds. The minimum atomic E-state index is -0.464. The molecule has 4 rings (SSSR count). The SMILES string of the molecule is CC(C)(C)OC(=O)N1CCC2(CCC(OCCN3C(=O)c4ccccc4C3=O)CC2)CC1. The van der Waals surface area contributed by atoms with Gasteiger partial charge in [-0.2, -0.15) is 0 Å². The smallest absolute Gasteiger partial charge is 0.410 e. The van der Waals surface area contributed by atoms with Crippen LogP contribution >= 0.6 is 0 Å². The molecule has 32 heavy (non-hydrogen) atoms. The van der Waals surface area contributed by atoms with Crippen LogP contribution in [0.15, 0.2) is 24.3 Å². The molecule has 174 valence electrons. The van der Waals surface area contributed by atoms with E-state index in [1.54, 1.807) is 24.3 Å². The summed E-state index contributed by atoms with van der Waals surface area (Å²) in [4.78, 5) is 40.4. The first kappa shape index (κ1) is 22.8. The molecule has 1 aromatic carbocycles. The molecule has 1 spiro atoms. The van der Waals surface area contributed by atoms with Crippen LogP contribution < -0.4 is 0 Å². The van der Waals surface area contributed by atoms with Crippen molar-refractivity contribution in [2.45, 2.75) is 71.0 Å². The highest BCUT2D eigenvalue weighted by Crippen LogP contribution is 2.45. The van der Waals surface area contributed by atoms with E-state index in [0.29, 0.717) is 29.7 Å². The van der Waals surface area contributed by atoms with Gasteiger partial charge in [0.05, 0.1) is 30.4 Å². The van der Waals surface area contributed by atoms with Gasteiger partial charge in [0.1, 0.15) is 5.60 Å². The normalized spacial score (nSPS) is 21.2. The molecule has 1 aliphatic carbocycles. The summed E-state index contributed by atoms with van der Waals surface area (Å²) in [6.45, 7) is 7.85. The lowest BCUT2D eigenvalue weighted by Crippen LogP contribution is -2.46. The number of piperidine rings is 1. The van der Waals surface area contributed by atoms with Crippen molar-refractivity contribution in [3.05, 3.63) is 35.4 Å². The fourth-order valence-electron chi connectivity index (χ4n) is 5.11. The maximum absolute atomic E-state index is 12.5. The average Bonchev–Trinajstić information content (AvgIpc) is 3.00. The van der Waals surface area contributed by atoms with Gasteiger partial charge in [0.25, 0.3) is 11.8 Å². The summed E-state index contributed by atoms with van der Waals surface area (Å²) in [5.41, 5.74) is 0.792. The molecular formula is C25H34N2O5. The Labute approximate surface area is 190 Å². The van der Waals surface area contributed by atoms with Gasteiger partial charge in [-0.25, -0.2) is 4.79 Å². The summed E-state index contributed by atoms with van der Waals surface area (Å²) in [5, 5.41) is 0. The topological polar surface area (TPSA) is 76.2 Å². The maximum Gasteiger partial charge on any atom is 0.410 e. The third-order valence-electron chi connectivity index (χ3n) is 7.02. The van der Waals surface area contributed by atoms with E-state index in [4.69, 9.17) is 9.47 Å². The first-order valence-corrected chi connectivity index (χ1v) is 11.7. The number of hydrogen-bond acceptors (Lipinski definition) is 5. The van der Waals surface area contributed by atoms with E-state index in [-0.39, 0.29) is 24.0 Å². The van der Waals surface area contributed by atoms with E-state index in [1.807, 2.05) is 25.7 Å². The summed E-state index contributed by atoms with van der Waals surface area (Å²) in [7, 11) is 0. The van der Waals surface area contributed by atoms with Gasteiger partial charge < -0.3 is 14.4 Å². The Balaban J connectivity index is 1.19. The van der Waals surface area contributed by atoms with E-state index in [9.17, 15) is 14.4 Å². The molecule has 3 aliphatic rings. The number of carbonyl (C=O) groups is 3. The van der Waals surface area contributed by atoms with Gasteiger partial charge in [-0.3, -0.25) is 14.5 Å². The van der Waals surface area contributed by atoms with Gasteiger partial charge in [-0.15, -0.1) is 0 Å². The second-order valence-corrected chi connectivity index (χ2v) is 10.3. The molecule has 0 radical (unpaired) electrons. The number of nitrogens with zero attached hydrogens (tertiary/aromatic N) is 2. The summed E-state index contributed by atoms with van der Waals surface area (Å²) >= 11 is 0. The lowest BCUT2D eigenvalue weighted by molar-refractivity contribution is -0.0315. The number of carbonyl (C=O) groups excluding carboxylic acids is 3. The number of hydrogen-bond donors (Lipinski definition) is 0. The second-order valence-electron chi connectivity index (χ2n) is 10.3. The van der Waals surface area contributed by atoms with Crippen LogP contribution in [0.25, 0.3) is 0 Å². The van der Waals surface area contributed by atoms with Gasteiger partial charge in [0, 0.05) is 13.1 Å². The van der Waals surface area contributed by atoms with E-state index >= 15 is 0 Å². The summed E-state index contributed by atoms with van der Waals surface area (Å²) < 4.78 is 11.6. The molecule has 0 bridgehead atoms. The van der Waals surface area contributed by atoms with Crippen molar-refractivity contribution in [2.24, 2.45) is 5.41 Å². The molecule has 0 atom stereocenters. The number of imide groups is 1. The van der Waals surface area contributed by atoms with Crippen LogP contribution in [0.2, 0.25) is 0 Å². The molecule has 2 fully saturated rings. The minimum Gasteiger partial charge on any atom is -0.444 e. The number of fused-ring (bicyclic) bond motifs is 1. The van der Waals surface area contributed by atoms with Gasteiger partial charge in [0.2, 0.25) is 0 Å². The van der Waals surface area contributed by atoms with Crippen LogP contribution in [0.1, 0.15) is 80.0 Å². The van der Waals surface area contributed by atoms with Crippen LogP contribution in [-0.2, 0) is 9.47 Å². The van der Waals surface area contributed by atoms with Crippen LogP contribution in [0.3, 0.4) is 0 Å². The summed E-state index contributed by atoms with van der Waals surface area (Å²) in [6, 6.07) is 6.95. The molecule has 1 aromatic rings. The average molecular weight is 443 g/mol. The van der Waals surface area contributed by atoms with E-state index in [0.717, 1.165) is 51.6 Å². The Bertz CT molecular complexity index is 838. The van der Waals surface area contributed by atoms with Crippen molar-refractivity contribution in [3.8, 4) is 0 Å². The fraction of sp³-hybridized carbons (Fsp3) is 0.640. The van der Waals surface area contributed by atoms with Crippen molar-refractivity contribution in [1.82, 2.24) is 9.80 Å². The quantitative estimate of drug-likeness (QED) is 0.651. The zero-order chi connectivity index (χ0) is 22.9. The lowest BCUT2D eigenvalue weighted by Gasteiger charge is -2.45. The molecule has 2 heterocycles. The van der Waals surface area contributed by atoms with Crippen LogP contribution in [-0.4, -0.2) is 65.7 Å². The van der Waals surface area contributed by atoms with E-state index < -0.39 is 5.60 Å². The Morgan fingerprint density at radius 3 is 2.09 bits per heavy atom. The highest BCUT2D eigenvalue weighted by molar-refractivity contribution is 6.21. The standard InChI is InChI=1S/C25H34N2O5/c1-24(2,3)32-23(30)26-14-12-25(13-15-26)10-8-18(9-11-25)31-17-16-27-21(28)19-6-4-5-7-20(19)22(27)29/h4-7,18H,8-17H2,1-3H3. The first-order chi connectivity index (χ1) is 15.2. The van der Waals surface area contributed by atoms with Crippen LogP contribution in [0, 0.1) is 5.41 Å². The van der Waals surface area contributed by atoms with Gasteiger partial charge in [0.15, 0.2) is 0 Å². The first-order valence-electron chi connectivity index (χ1n) is 11.7. The monoisotopic (exact) mass is 442 g/mol. The molecule has 7 heteroatoms. The maximum atomic E-state index is 12.5. The minimum absolute atomic E-state index is 0.166. The largest absolute Gasteiger partial charge is 0.444 e. The van der Waals surface area contributed by atoms with E-state index in [1.165, 1.54) is 4.90 Å². The zero-order valence-corrected chi connectivity index (χ0v) is 19.4. The number of rotatable bonds is 4.